The Labute approximate surface area is 191 Å². The van der Waals surface area contributed by atoms with Crippen LogP contribution < -0.4 is 32.3 Å². The highest BCUT2D eigenvalue weighted by molar-refractivity contribution is 8.93. The fourth-order valence-electron chi connectivity index (χ4n) is 3.08. The summed E-state index contributed by atoms with van der Waals surface area (Å²) in [5.41, 5.74) is 8.64. The number of pyridine rings is 1. The minimum atomic E-state index is 0. The highest BCUT2D eigenvalue weighted by Crippen LogP contribution is 2.10. The Morgan fingerprint density at radius 3 is 2.59 bits per heavy atom. The number of fused-ring (bicyclic) bond motifs is 1. The standard InChI is InChI=1S/C21H23N6.2BrH/c1-16-4-3-5-20-26(2)19(15-27(16)20)11-10-17-6-8-18(9-7-17)14-24-25-21-22-12-13-23-21;;/h3-11,14-15H,12-13H2,1-2H3,(H2,22,23,25);2*1H/q+1;;/p-1/b11-10+,24-14+;;. The number of halogens is 2. The molecule has 0 unspecified atom stereocenters. The summed E-state index contributed by atoms with van der Waals surface area (Å²) in [5, 5.41) is 7.31. The second-order valence-electron chi connectivity index (χ2n) is 6.54. The molecule has 3 aromatic rings. The molecule has 6 nitrogen and oxygen atoms in total. The number of hydrazone groups is 1. The maximum absolute atomic E-state index is 4.23. The van der Waals surface area contributed by atoms with Crippen LogP contribution in [0.25, 0.3) is 17.8 Å². The van der Waals surface area contributed by atoms with Crippen LogP contribution in [-0.2, 0) is 7.05 Å². The molecular weight excluding hydrogens is 496 g/mol. The summed E-state index contributed by atoms with van der Waals surface area (Å²) in [4.78, 5) is 4.23. The molecule has 0 bridgehead atoms. The van der Waals surface area contributed by atoms with Crippen molar-refractivity contribution in [1.29, 1.82) is 0 Å². The predicted molar refractivity (Wildman–Crippen MR) is 120 cm³/mol. The van der Waals surface area contributed by atoms with Crippen molar-refractivity contribution in [2.24, 2.45) is 17.1 Å². The van der Waals surface area contributed by atoms with Gasteiger partial charge in [-0.1, -0.05) is 36.4 Å². The summed E-state index contributed by atoms with van der Waals surface area (Å²) in [6.45, 7) is 3.78. The van der Waals surface area contributed by atoms with E-state index in [1.54, 1.807) is 6.21 Å². The van der Waals surface area contributed by atoms with E-state index in [2.05, 4.69) is 105 Å². The van der Waals surface area contributed by atoms with E-state index in [1.807, 2.05) is 0 Å². The lowest BCUT2D eigenvalue weighted by Gasteiger charge is -1.99. The van der Waals surface area contributed by atoms with Crippen LogP contribution in [0.5, 0.6) is 0 Å². The lowest BCUT2D eigenvalue weighted by Crippen LogP contribution is -3.00. The number of nitrogens with zero attached hydrogens (tertiary/aromatic N) is 4. The molecule has 0 saturated heterocycles. The van der Waals surface area contributed by atoms with Crippen molar-refractivity contribution in [1.82, 2.24) is 15.1 Å². The van der Waals surface area contributed by atoms with E-state index in [0.29, 0.717) is 0 Å². The molecule has 29 heavy (non-hydrogen) atoms. The molecule has 0 saturated carbocycles. The summed E-state index contributed by atoms with van der Waals surface area (Å²) < 4.78 is 4.39. The number of rotatable bonds is 4. The van der Waals surface area contributed by atoms with Gasteiger partial charge in [0, 0.05) is 12.6 Å². The first-order valence-electron chi connectivity index (χ1n) is 9.03. The first kappa shape index (κ1) is 22.8. The average Bonchev–Trinajstić information content (AvgIpc) is 3.31. The molecule has 2 N–H and O–H groups in total. The third-order valence-corrected chi connectivity index (χ3v) is 4.64. The van der Waals surface area contributed by atoms with Crippen LogP contribution >= 0.6 is 17.0 Å². The summed E-state index contributed by atoms with van der Waals surface area (Å²) in [5.74, 6) is 0.730. The molecule has 1 aliphatic rings. The van der Waals surface area contributed by atoms with Crippen molar-refractivity contribution in [3.05, 3.63) is 71.2 Å². The van der Waals surface area contributed by atoms with E-state index in [1.165, 1.54) is 11.3 Å². The van der Waals surface area contributed by atoms with Crippen LogP contribution in [-0.4, -0.2) is 29.7 Å². The quantitative estimate of drug-likeness (QED) is 0.283. The van der Waals surface area contributed by atoms with Gasteiger partial charge in [0.25, 0.3) is 5.65 Å². The van der Waals surface area contributed by atoms with Gasteiger partial charge in [-0.2, -0.15) is 9.50 Å². The Kier molecular flexibility index (Phi) is 8.16. The average molecular weight is 520 g/mol. The van der Waals surface area contributed by atoms with Gasteiger partial charge in [-0.25, -0.2) is 15.0 Å². The van der Waals surface area contributed by atoms with Crippen LogP contribution in [0.3, 0.4) is 0 Å². The molecule has 0 fully saturated rings. The lowest BCUT2D eigenvalue weighted by atomic mass is 10.1. The number of benzene rings is 1. The normalized spacial score (nSPS) is 13.2. The number of aliphatic imine (C=N–C) groups is 1. The van der Waals surface area contributed by atoms with Crippen molar-refractivity contribution < 1.29 is 21.5 Å². The first-order chi connectivity index (χ1) is 13.2. The zero-order valence-corrected chi connectivity index (χ0v) is 19.6. The molecule has 0 atom stereocenters. The largest absolute Gasteiger partial charge is 1.00 e. The van der Waals surface area contributed by atoms with E-state index in [9.17, 15) is 0 Å². The zero-order valence-electron chi connectivity index (χ0n) is 16.3. The Balaban J connectivity index is 0.00000150. The van der Waals surface area contributed by atoms with Gasteiger partial charge >= 0.3 is 0 Å². The van der Waals surface area contributed by atoms with Crippen LogP contribution in [0.4, 0.5) is 0 Å². The zero-order chi connectivity index (χ0) is 18.6. The van der Waals surface area contributed by atoms with Crippen LogP contribution in [0, 0.1) is 6.92 Å². The smallest absolute Gasteiger partial charge is 0.286 e. The molecule has 152 valence electrons. The minimum absolute atomic E-state index is 0. The Hall–Kier alpha value is -2.45. The van der Waals surface area contributed by atoms with E-state index >= 15 is 0 Å². The van der Waals surface area contributed by atoms with Gasteiger partial charge in [0.05, 0.1) is 19.8 Å². The molecule has 3 heterocycles. The number of hydrogen-bond acceptors (Lipinski definition) is 4. The molecule has 4 rings (SSSR count). The number of imidazole rings is 1. The fraction of sp³-hybridized carbons (Fsp3) is 0.190. The Bertz CT molecular complexity index is 1050. The van der Waals surface area contributed by atoms with Crippen LogP contribution in [0.15, 0.2) is 58.8 Å². The number of aromatic nitrogens is 2. The fourth-order valence-corrected chi connectivity index (χ4v) is 3.08. The number of nitrogens with one attached hydrogen (secondary N) is 2. The van der Waals surface area contributed by atoms with Crippen LogP contribution in [0.2, 0.25) is 0 Å². The van der Waals surface area contributed by atoms with Crippen molar-refractivity contribution in [3.8, 4) is 0 Å². The molecule has 0 radical (unpaired) electrons. The molecule has 2 aromatic heterocycles. The monoisotopic (exact) mass is 518 g/mol. The Morgan fingerprint density at radius 2 is 1.90 bits per heavy atom. The molecule has 0 spiro atoms. The maximum Gasteiger partial charge on any atom is 0.286 e. The van der Waals surface area contributed by atoms with Gasteiger partial charge in [-0.15, -0.1) is 17.0 Å². The second-order valence-corrected chi connectivity index (χ2v) is 6.54. The van der Waals surface area contributed by atoms with Crippen LogP contribution in [0.1, 0.15) is 22.5 Å². The molecule has 8 heteroatoms. The molecule has 1 aliphatic heterocycles. The highest BCUT2D eigenvalue weighted by Gasteiger charge is 2.12. The molecule has 0 aliphatic carbocycles. The lowest BCUT2D eigenvalue weighted by molar-refractivity contribution is -0.646. The summed E-state index contributed by atoms with van der Waals surface area (Å²) in [6, 6.07) is 14.6. The Morgan fingerprint density at radius 1 is 1.14 bits per heavy atom. The SMILES string of the molecule is Br.Cc1cccc2n1cc(/C=C/c1ccc(/C=N/NC3=NCCN3)cc1)[n+]2C.[Br-]. The topological polar surface area (TPSA) is 57.1 Å². The molecule has 1 aromatic carbocycles. The first-order valence-corrected chi connectivity index (χ1v) is 9.03. The van der Waals surface area contributed by atoms with E-state index in [0.717, 1.165) is 35.9 Å². The number of guanidine groups is 1. The van der Waals surface area contributed by atoms with Gasteiger partial charge in [-0.05, 0) is 30.2 Å². The van der Waals surface area contributed by atoms with Crippen molar-refractivity contribution in [2.45, 2.75) is 6.92 Å². The van der Waals surface area contributed by atoms with Gasteiger partial charge in [0.1, 0.15) is 11.9 Å². The number of hydrogen-bond donors (Lipinski definition) is 2. The van der Waals surface area contributed by atoms with E-state index in [-0.39, 0.29) is 34.0 Å². The maximum atomic E-state index is 4.23. The van der Waals surface area contributed by atoms with Gasteiger partial charge in [0.2, 0.25) is 5.96 Å². The summed E-state index contributed by atoms with van der Waals surface area (Å²) in [6.07, 6.45) is 8.22. The van der Waals surface area contributed by atoms with Gasteiger partial charge in [0.15, 0.2) is 5.69 Å². The van der Waals surface area contributed by atoms with E-state index < -0.39 is 0 Å². The number of aryl methyl sites for hydroxylation is 2. The molecule has 0 amide bonds. The van der Waals surface area contributed by atoms with Gasteiger partial charge in [-0.3, -0.25) is 0 Å². The minimum Gasteiger partial charge on any atom is -1.00 e. The molecular formula is C21H24Br2N6. The van der Waals surface area contributed by atoms with Gasteiger partial charge < -0.3 is 22.3 Å². The second kappa shape index (κ2) is 10.4. The summed E-state index contributed by atoms with van der Waals surface area (Å²) >= 11 is 0. The predicted octanol–water partition coefficient (Wildman–Crippen LogP) is -0.293. The third-order valence-electron chi connectivity index (χ3n) is 4.64. The van der Waals surface area contributed by atoms with Crippen molar-refractivity contribution >= 4 is 47.0 Å². The van der Waals surface area contributed by atoms with E-state index in [4.69, 9.17) is 0 Å². The van der Waals surface area contributed by atoms with Crippen molar-refractivity contribution in [2.75, 3.05) is 13.1 Å². The highest BCUT2D eigenvalue weighted by atomic mass is 79.9. The van der Waals surface area contributed by atoms with Crippen molar-refractivity contribution in [3.63, 3.8) is 0 Å². The third kappa shape index (κ3) is 5.33. The summed E-state index contributed by atoms with van der Waals surface area (Å²) in [7, 11) is 2.09.